The van der Waals surface area contributed by atoms with Gasteiger partial charge >= 0.3 is 0 Å². The number of hydrogen-bond donors (Lipinski definition) is 1. The molecule has 0 unspecified atom stereocenters. The van der Waals surface area contributed by atoms with Crippen LogP contribution in [0.4, 0.5) is 0 Å². The fourth-order valence-corrected chi connectivity index (χ4v) is 1.61. The molecule has 1 aromatic heterocycles. The molecule has 12 heavy (non-hydrogen) atoms. The zero-order valence-electron chi connectivity index (χ0n) is 7.61. The van der Waals surface area contributed by atoms with Crippen molar-refractivity contribution >= 4 is 11.8 Å². The summed E-state index contributed by atoms with van der Waals surface area (Å²) in [4.78, 5) is 3.98. The largest absolute Gasteiger partial charge is 0.492 e. The Kier molecular flexibility index (Phi) is 3.03. The fraction of sp³-hybridized carbons (Fsp3) is 0.625. The summed E-state index contributed by atoms with van der Waals surface area (Å²) in [5, 5.41) is 9.66. The van der Waals surface area contributed by atoms with Gasteiger partial charge in [-0.2, -0.15) is 16.7 Å². The van der Waals surface area contributed by atoms with Crippen LogP contribution in [0.25, 0.3) is 0 Å². The zero-order valence-corrected chi connectivity index (χ0v) is 8.43. The Balaban J connectivity index is 2.57. The standard InChI is InChI=1S/C8H14N2OS/c1-6(2)12-5-7-9-8(11)4-10(7)3/h4,6,11H,5H2,1-3H3. The van der Waals surface area contributed by atoms with Gasteiger partial charge in [0.25, 0.3) is 0 Å². The van der Waals surface area contributed by atoms with E-state index < -0.39 is 0 Å². The van der Waals surface area contributed by atoms with Crippen LogP contribution in [-0.2, 0) is 12.8 Å². The number of nitrogens with zero attached hydrogens (tertiary/aromatic N) is 2. The van der Waals surface area contributed by atoms with E-state index in [9.17, 15) is 0 Å². The molecule has 0 amide bonds. The maximum atomic E-state index is 9.06. The van der Waals surface area contributed by atoms with Crippen LogP contribution in [-0.4, -0.2) is 19.9 Å². The van der Waals surface area contributed by atoms with Crippen molar-refractivity contribution < 1.29 is 5.11 Å². The van der Waals surface area contributed by atoms with E-state index in [2.05, 4.69) is 18.8 Å². The first-order valence-electron chi connectivity index (χ1n) is 3.92. The van der Waals surface area contributed by atoms with Gasteiger partial charge in [-0.3, -0.25) is 0 Å². The van der Waals surface area contributed by atoms with E-state index in [1.807, 2.05) is 23.4 Å². The molecule has 0 atom stereocenters. The van der Waals surface area contributed by atoms with Crippen LogP contribution >= 0.6 is 11.8 Å². The minimum absolute atomic E-state index is 0.108. The Morgan fingerprint density at radius 3 is 2.75 bits per heavy atom. The van der Waals surface area contributed by atoms with E-state index in [1.165, 1.54) is 0 Å². The molecule has 0 radical (unpaired) electrons. The van der Waals surface area contributed by atoms with Crippen molar-refractivity contribution in [1.29, 1.82) is 0 Å². The number of aromatic nitrogens is 2. The predicted octanol–water partition coefficient (Wildman–Crippen LogP) is 1.77. The van der Waals surface area contributed by atoms with Crippen LogP contribution in [0.15, 0.2) is 6.20 Å². The van der Waals surface area contributed by atoms with Crippen LogP contribution < -0.4 is 0 Å². The van der Waals surface area contributed by atoms with Gasteiger partial charge in [-0.1, -0.05) is 13.8 Å². The van der Waals surface area contributed by atoms with Gasteiger partial charge in [-0.05, 0) is 5.25 Å². The Labute approximate surface area is 76.8 Å². The zero-order chi connectivity index (χ0) is 9.14. The first kappa shape index (κ1) is 9.45. The third-order valence-corrected chi connectivity index (χ3v) is 2.60. The van der Waals surface area contributed by atoms with Crippen molar-refractivity contribution in [3.63, 3.8) is 0 Å². The van der Waals surface area contributed by atoms with E-state index in [0.29, 0.717) is 5.25 Å². The summed E-state index contributed by atoms with van der Waals surface area (Å²) in [5.74, 6) is 1.89. The molecule has 1 heterocycles. The van der Waals surface area contributed by atoms with Crippen molar-refractivity contribution in [3.8, 4) is 5.88 Å². The molecule has 0 saturated carbocycles. The third kappa shape index (κ3) is 2.44. The van der Waals surface area contributed by atoms with E-state index >= 15 is 0 Å². The van der Waals surface area contributed by atoms with Crippen molar-refractivity contribution in [2.75, 3.05) is 0 Å². The van der Waals surface area contributed by atoms with Crippen molar-refractivity contribution in [2.24, 2.45) is 7.05 Å². The van der Waals surface area contributed by atoms with E-state index in [1.54, 1.807) is 6.20 Å². The lowest BCUT2D eigenvalue weighted by Crippen LogP contribution is -1.97. The highest BCUT2D eigenvalue weighted by atomic mass is 32.2. The maximum absolute atomic E-state index is 9.06. The minimum atomic E-state index is 0.108. The molecule has 1 N–H and O–H groups in total. The normalized spacial score (nSPS) is 11.0. The molecule has 0 bridgehead atoms. The van der Waals surface area contributed by atoms with Crippen LogP contribution in [0.1, 0.15) is 19.7 Å². The van der Waals surface area contributed by atoms with Gasteiger partial charge < -0.3 is 9.67 Å². The van der Waals surface area contributed by atoms with E-state index in [0.717, 1.165) is 11.6 Å². The summed E-state index contributed by atoms with van der Waals surface area (Å²) in [6, 6.07) is 0. The number of imidazole rings is 1. The van der Waals surface area contributed by atoms with Gasteiger partial charge in [-0.25, -0.2) is 0 Å². The molecule has 3 nitrogen and oxygen atoms in total. The number of rotatable bonds is 3. The summed E-state index contributed by atoms with van der Waals surface area (Å²) in [6.07, 6.45) is 1.62. The average Bonchev–Trinajstić information content (AvgIpc) is 2.26. The van der Waals surface area contributed by atoms with Gasteiger partial charge in [0.2, 0.25) is 5.88 Å². The molecular weight excluding hydrogens is 172 g/mol. The molecule has 68 valence electrons. The summed E-state index contributed by atoms with van der Waals surface area (Å²) in [7, 11) is 1.89. The van der Waals surface area contributed by atoms with Gasteiger partial charge in [-0.15, -0.1) is 0 Å². The van der Waals surface area contributed by atoms with Crippen molar-refractivity contribution in [1.82, 2.24) is 9.55 Å². The molecule has 1 aromatic rings. The molecule has 0 aliphatic rings. The van der Waals surface area contributed by atoms with Crippen LogP contribution in [0.2, 0.25) is 0 Å². The number of hydrogen-bond acceptors (Lipinski definition) is 3. The van der Waals surface area contributed by atoms with Crippen molar-refractivity contribution in [2.45, 2.75) is 24.9 Å². The molecule has 0 aromatic carbocycles. The highest BCUT2D eigenvalue weighted by Gasteiger charge is 2.04. The average molecular weight is 186 g/mol. The summed E-state index contributed by atoms with van der Waals surface area (Å²) >= 11 is 1.82. The van der Waals surface area contributed by atoms with Gasteiger partial charge in [0.05, 0.1) is 11.9 Å². The molecule has 0 saturated heterocycles. The maximum Gasteiger partial charge on any atom is 0.229 e. The second-order valence-corrected chi connectivity index (χ2v) is 4.55. The number of aromatic hydroxyl groups is 1. The highest BCUT2D eigenvalue weighted by Crippen LogP contribution is 2.17. The lowest BCUT2D eigenvalue weighted by atomic mass is 10.6. The third-order valence-electron chi connectivity index (χ3n) is 1.51. The Hall–Kier alpha value is -0.640. The van der Waals surface area contributed by atoms with Gasteiger partial charge in [0, 0.05) is 7.05 Å². The molecule has 0 fully saturated rings. The van der Waals surface area contributed by atoms with Crippen LogP contribution in [0.5, 0.6) is 5.88 Å². The molecule has 0 aliphatic heterocycles. The summed E-state index contributed by atoms with van der Waals surface area (Å²) < 4.78 is 1.85. The van der Waals surface area contributed by atoms with Gasteiger partial charge in [0.1, 0.15) is 5.82 Å². The minimum Gasteiger partial charge on any atom is -0.492 e. The molecule has 0 aliphatic carbocycles. The van der Waals surface area contributed by atoms with Crippen molar-refractivity contribution in [3.05, 3.63) is 12.0 Å². The second-order valence-electron chi connectivity index (χ2n) is 2.99. The first-order valence-corrected chi connectivity index (χ1v) is 4.97. The summed E-state index contributed by atoms with van der Waals surface area (Å²) in [5.41, 5.74) is 0. The molecule has 4 heteroatoms. The monoisotopic (exact) mass is 186 g/mol. The van der Waals surface area contributed by atoms with Crippen LogP contribution in [0.3, 0.4) is 0 Å². The first-order chi connectivity index (χ1) is 5.59. The van der Waals surface area contributed by atoms with Gasteiger partial charge in [0.15, 0.2) is 0 Å². The Bertz CT molecular complexity index is 258. The second kappa shape index (κ2) is 3.85. The lowest BCUT2D eigenvalue weighted by Gasteiger charge is -2.03. The fourth-order valence-electron chi connectivity index (χ4n) is 0.863. The quantitative estimate of drug-likeness (QED) is 0.781. The number of thioether (sulfide) groups is 1. The van der Waals surface area contributed by atoms with E-state index in [-0.39, 0.29) is 5.88 Å². The molecule has 0 spiro atoms. The molecular formula is C8H14N2OS. The Morgan fingerprint density at radius 2 is 2.33 bits per heavy atom. The number of aryl methyl sites for hydroxylation is 1. The highest BCUT2D eigenvalue weighted by molar-refractivity contribution is 7.99. The Morgan fingerprint density at radius 1 is 1.67 bits per heavy atom. The molecule has 1 rings (SSSR count). The lowest BCUT2D eigenvalue weighted by molar-refractivity contribution is 0.455. The smallest absolute Gasteiger partial charge is 0.229 e. The van der Waals surface area contributed by atoms with Crippen LogP contribution in [0, 0.1) is 0 Å². The SMILES string of the molecule is CC(C)SCc1nc(O)cn1C. The van der Waals surface area contributed by atoms with E-state index in [4.69, 9.17) is 5.11 Å². The topological polar surface area (TPSA) is 38.1 Å². The predicted molar refractivity (Wildman–Crippen MR) is 51.3 cm³/mol. The summed E-state index contributed by atoms with van der Waals surface area (Å²) in [6.45, 7) is 4.29.